The molecule has 0 saturated carbocycles. The number of benzene rings is 1. The van der Waals surface area contributed by atoms with Gasteiger partial charge in [-0.1, -0.05) is 18.2 Å². The van der Waals surface area contributed by atoms with E-state index in [2.05, 4.69) is 29.1 Å². The van der Waals surface area contributed by atoms with Crippen LogP contribution in [0.4, 0.5) is 0 Å². The molecule has 2 aromatic heterocycles. The predicted octanol–water partition coefficient (Wildman–Crippen LogP) is 3.17. The van der Waals surface area contributed by atoms with E-state index in [-0.39, 0.29) is 17.5 Å². The Balaban J connectivity index is 1.32. The number of nitrogens with one attached hydrogen (secondary N) is 1. The molecule has 0 atom stereocenters. The van der Waals surface area contributed by atoms with Crippen LogP contribution in [0.2, 0.25) is 0 Å². The molecule has 0 bridgehead atoms. The third kappa shape index (κ3) is 3.52. The molecule has 28 heavy (non-hydrogen) atoms. The molecule has 4 rings (SSSR count). The van der Waals surface area contributed by atoms with Gasteiger partial charge in [-0.3, -0.25) is 9.48 Å². The van der Waals surface area contributed by atoms with Gasteiger partial charge in [-0.25, -0.2) is 4.79 Å². The van der Waals surface area contributed by atoms with Crippen molar-refractivity contribution < 1.29 is 14.7 Å². The van der Waals surface area contributed by atoms with Crippen molar-refractivity contribution in [2.75, 3.05) is 13.1 Å². The average Bonchev–Trinajstić information content (AvgIpc) is 3.35. The molecule has 1 aromatic carbocycles. The van der Waals surface area contributed by atoms with Crippen LogP contribution >= 0.6 is 0 Å². The smallest absolute Gasteiger partial charge is 0.338 e. The van der Waals surface area contributed by atoms with Crippen molar-refractivity contribution in [3.63, 3.8) is 0 Å². The fourth-order valence-corrected chi connectivity index (χ4v) is 4.00. The maximum absolute atomic E-state index is 12.6. The van der Waals surface area contributed by atoms with Gasteiger partial charge < -0.3 is 15.0 Å². The molecule has 1 fully saturated rings. The van der Waals surface area contributed by atoms with Crippen LogP contribution in [0.1, 0.15) is 46.8 Å². The van der Waals surface area contributed by atoms with E-state index in [0.29, 0.717) is 19.5 Å². The highest BCUT2D eigenvalue weighted by Crippen LogP contribution is 2.25. The number of carboxylic acids is 1. The second kappa shape index (κ2) is 7.50. The molecule has 1 aliphatic heterocycles. The molecule has 0 unspecified atom stereocenters. The number of aromatic nitrogens is 3. The topological polar surface area (TPSA) is 91.2 Å². The Kier molecular flexibility index (Phi) is 4.90. The number of carbonyl (C=O) groups is 2. The third-order valence-corrected chi connectivity index (χ3v) is 5.66. The number of amides is 1. The Hall–Kier alpha value is -3.09. The normalized spacial score (nSPS) is 15.2. The lowest BCUT2D eigenvalue weighted by molar-refractivity contribution is -0.132. The first-order valence-corrected chi connectivity index (χ1v) is 9.63. The summed E-state index contributed by atoms with van der Waals surface area (Å²) in [7, 11) is 0. The van der Waals surface area contributed by atoms with Gasteiger partial charge in [0.2, 0.25) is 5.91 Å². The predicted molar refractivity (Wildman–Crippen MR) is 105 cm³/mol. The number of hydrogen-bond acceptors (Lipinski definition) is 3. The number of piperidine rings is 1. The van der Waals surface area contributed by atoms with Crippen LogP contribution in [-0.2, 0) is 11.2 Å². The molecule has 0 spiro atoms. The zero-order chi connectivity index (χ0) is 19.7. The molecule has 1 saturated heterocycles. The average molecular weight is 380 g/mol. The summed E-state index contributed by atoms with van der Waals surface area (Å²) in [6.45, 7) is 3.44. The summed E-state index contributed by atoms with van der Waals surface area (Å²) in [6, 6.07) is 6.37. The van der Waals surface area contributed by atoms with Gasteiger partial charge in [-0.15, -0.1) is 0 Å². The molecule has 7 nitrogen and oxygen atoms in total. The summed E-state index contributed by atoms with van der Waals surface area (Å²) >= 11 is 0. The van der Waals surface area contributed by atoms with Gasteiger partial charge in [-0.05, 0) is 37.3 Å². The molecule has 3 aromatic rings. The highest BCUT2D eigenvalue weighted by molar-refractivity contribution is 5.87. The second-order valence-electron chi connectivity index (χ2n) is 7.44. The van der Waals surface area contributed by atoms with E-state index < -0.39 is 5.97 Å². The van der Waals surface area contributed by atoms with E-state index in [1.165, 1.54) is 22.7 Å². The summed E-state index contributed by atoms with van der Waals surface area (Å²) in [5, 5.41) is 14.4. The molecule has 0 aliphatic carbocycles. The second-order valence-corrected chi connectivity index (χ2v) is 7.44. The summed E-state index contributed by atoms with van der Waals surface area (Å²) in [5.41, 5.74) is 3.74. The van der Waals surface area contributed by atoms with E-state index >= 15 is 0 Å². The molecular formula is C21H24N4O3. The summed E-state index contributed by atoms with van der Waals surface area (Å²) in [6.07, 6.45) is 7.76. The highest BCUT2D eigenvalue weighted by atomic mass is 16.4. The fraction of sp³-hybridized carbons (Fsp3) is 0.381. The maximum Gasteiger partial charge on any atom is 0.338 e. The molecule has 3 heterocycles. The number of carbonyl (C=O) groups excluding carboxylic acids is 1. The van der Waals surface area contributed by atoms with Gasteiger partial charge in [-0.2, -0.15) is 5.10 Å². The lowest BCUT2D eigenvalue weighted by Crippen LogP contribution is -2.39. The number of nitrogens with zero attached hydrogens (tertiary/aromatic N) is 3. The number of rotatable bonds is 5. The molecule has 7 heteroatoms. The van der Waals surface area contributed by atoms with Crippen LogP contribution < -0.4 is 0 Å². The molecule has 2 N–H and O–H groups in total. The van der Waals surface area contributed by atoms with E-state index in [4.69, 9.17) is 5.11 Å². The van der Waals surface area contributed by atoms with E-state index in [1.54, 1.807) is 10.9 Å². The Morgan fingerprint density at radius 3 is 2.79 bits per heavy atom. The lowest BCUT2D eigenvalue weighted by atomic mass is 10.0. The number of aromatic carboxylic acids is 1. The number of likely N-dealkylation sites (tertiary alicyclic amines) is 1. The minimum atomic E-state index is -0.966. The number of aromatic amines is 1. The van der Waals surface area contributed by atoms with Crippen molar-refractivity contribution >= 4 is 22.8 Å². The van der Waals surface area contributed by atoms with Crippen LogP contribution in [0.5, 0.6) is 0 Å². The molecule has 146 valence electrons. The number of hydrogen-bond donors (Lipinski definition) is 2. The minimum absolute atomic E-state index is 0.147. The van der Waals surface area contributed by atoms with Crippen LogP contribution in [-0.4, -0.2) is 49.7 Å². The van der Waals surface area contributed by atoms with Gasteiger partial charge in [0.05, 0.1) is 17.8 Å². The van der Waals surface area contributed by atoms with Crippen LogP contribution in [0, 0.1) is 6.92 Å². The molecule has 1 aliphatic rings. The Morgan fingerprint density at radius 1 is 1.29 bits per heavy atom. The first-order chi connectivity index (χ1) is 13.5. The van der Waals surface area contributed by atoms with Crippen LogP contribution in [0.3, 0.4) is 0 Å². The molecule has 1 amide bonds. The Bertz CT molecular complexity index is 1010. The number of fused-ring (bicyclic) bond motifs is 1. The summed E-state index contributed by atoms with van der Waals surface area (Å²) in [4.78, 5) is 28.9. The van der Waals surface area contributed by atoms with Gasteiger partial charge >= 0.3 is 5.97 Å². The van der Waals surface area contributed by atoms with Crippen molar-refractivity contribution in [2.45, 2.75) is 38.6 Å². The number of para-hydroxylation sites is 1. The third-order valence-electron chi connectivity index (χ3n) is 5.66. The number of carboxylic acid groups (broad SMARTS) is 1. The van der Waals surface area contributed by atoms with Crippen molar-refractivity contribution in [3.8, 4) is 0 Å². The first-order valence-electron chi connectivity index (χ1n) is 9.63. The maximum atomic E-state index is 12.6. The fourth-order valence-electron chi connectivity index (χ4n) is 4.00. The van der Waals surface area contributed by atoms with Crippen LogP contribution in [0.25, 0.3) is 10.9 Å². The van der Waals surface area contributed by atoms with Crippen molar-refractivity contribution in [3.05, 3.63) is 53.5 Å². The minimum Gasteiger partial charge on any atom is -0.478 e. The SMILES string of the molecule is Cc1cccc2c(CCC(=O)N3CCC(n4cc(C(=O)O)cn4)CC3)c[nH]c12. The zero-order valence-corrected chi connectivity index (χ0v) is 15.9. The molecular weight excluding hydrogens is 356 g/mol. The van der Waals surface area contributed by atoms with E-state index in [1.807, 2.05) is 17.2 Å². The largest absolute Gasteiger partial charge is 0.478 e. The Morgan fingerprint density at radius 2 is 2.07 bits per heavy atom. The van der Waals surface area contributed by atoms with Crippen molar-refractivity contribution in [2.24, 2.45) is 0 Å². The summed E-state index contributed by atoms with van der Waals surface area (Å²) < 4.78 is 1.72. The van der Waals surface area contributed by atoms with Crippen LogP contribution in [0.15, 0.2) is 36.8 Å². The number of H-pyrrole nitrogens is 1. The van der Waals surface area contributed by atoms with Crippen molar-refractivity contribution in [1.82, 2.24) is 19.7 Å². The van der Waals surface area contributed by atoms with E-state index in [0.717, 1.165) is 24.8 Å². The molecule has 0 radical (unpaired) electrons. The quantitative estimate of drug-likeness (QED) is 0.711. The highest BCUT2D eigenvalue weighted by Gasteiger charge is 2.24. The Labute approximate surface area is 163 Å². The monoisotopic (exact) mass is 380 g/mol. The van der Waals surface area contributed by atoms with Gasteiger partial charge in [0.15, 0.2) is 0 Å². The lowest BCUT2D eigenvalue weighted by Gasteiger charge is -2.32. The van der Waals surface area contributed by atoms with Gasteiger partial charge in [0.25, 0.3) is 0 Å². The summed E-state index contributed by atoms with van der Waals surface area (Å²) in [5.74, 6) is -0.793. The standard InChI is InChI=1S/C21H24N4O3/c1-14-3-2-4-18-15(11-22-20(14)18)5-6-19(26)24-9-7-17(8-10-24)25-13-16(12-23-25)21(27)28/h2-4,11-13,17,22H,5-10H2,1H3,(H,27,28). The van der Waals surface area contributed by atoms with Gasteiger partial charge in [0.1, 0.15) is 0 Å². The van der Waals surface area contributed by atoms with E-state index in [9.17, 15) is 9.59 Å². The first kappa shape index (κ1) is 18.3. The van der Waals surface area contributed by atoms with Crippen molar-refractivity contribution in [1.29, 1.82) is 0 Å². The number of aryl methyl sites for hydroxylation is 2. The van der Waals surface area contributed by atoms with Gasteiger partial charge in [0, 0.05) is 42.8 Å². The zero-order valence-electron chi connectivity index (χ0n) is 15.9.